The Balaban J connectivity index is 3.33. The maximum atomic E-state index is 12.4. The molecule has 0 aromatic heterocycles. The second-order valence-corrected chi connectivity index (χ2v) is 3.42. The van der Waals surface area contributed by atoms with Gasteiger partial charge in [-0.15, -0.1) is 0 Å². The zero-order valence-corrected chi connectivity index (χ0v) is 10.7. The first kappa shape index (κ1) is 15.4. The summed E-state index contributed by atoms with van der Waals surface area (Å²) < 4.78 is 38.5. The smallest absolute Gasteiger partial charge is 0.387 e. The molecule has 0 aliphatic rings. The van der Waals surface area contributed by atoms with Gasteiger partial charge in [-0.05, 0) is 12.1 Å². The SMILES string of the molecule is COC(=O)/C(C#N)=C\c1cccc(OC)c1OC(F)F. The third kappa shape index (κ3) is 3.68. The van der Waals surface area contributed by atoms with Crippen molar-refractivity contribution in [2.24, 2.45) is 0 Å². The minimum Gasteiger partial charge on any atom is -0.493 e. The number of carbonyl (C=O) groups is 1. The lowest BCUT2D eigenvalue weighted by Gasteiger charge is -2.12. The van der Waals surface area contributed by atoms with Gasteiger partial charge in [0.05, 0.1) is 14.2 Å². The van der Waals surface area contributed by atoms with Gasteiger partial charge in [-0.25, -0.2) is 4.79 Å². The fraction of sp³-hybridized carbons (Fsp3) is 0.231. The first-order valence-electron chi connectivity index (χ1n) is 5.35. The number of esters is 1. The predicted octanol–water partition coefficient (Wildman–Crippen LogP) is 2.38. The van der Waals surface area contributed by atoms with Crippen molar-refractivity contribution in [1.82, 2.24) is 0 Å². The van der Waals surface area contributed by atoms with E-state index in [-0.39, 0.29) is 22.6 Å². The number of rotatable bonds is 5. The van der Waals surface area contributed by atoms with Crippen LogP contribution in [0.3, 0.4) is 0 Å². The summed E-state index contributed by atoms with van der Waals surface area (Å²) in [4.78, 5) is 11.3. The molecule has 5 nitrogen and oxygen atoms in total. The first-order valence-corrected chi connectivity index (χ1v) is 5.35. The molecule has 0 aliphatic carbocycles. The number of nitriles is 1. The van der Waals surface area contributed by atoms with Crippen LogP contribution in [-0.2, 0) is 9.53 Å². The Morgan fingerprint density at radius 2 is 2.10 bits per heavy atom. The Hall–Kier alpha value is -2.62. The van der Waals surface area contributed by atoms with Gasteiger partial charge < -0.3 is 14.2 Å². The minimum absolute atomic E-state index is 0.0567. The Morgan fingerprint density at radius 1 is 1.40 bits per heavy atom. The van der Waals surface area contributed by atoms with Crippen molar-refractivity contribution in [3.63, 3.8) is 0 Å². The standard InChI is InChI=1S/C13H11F2NO4/c1-18-10-5-3-4-8(11(10)20-13(14)15)6-9(7-16)12(17)19-2/h3-6,13H,1-2H3/b9-6-. The molecule has 1 rings (SSSR count). The van der Waals surface area contributed by atoms with Crippen LogP contribution >= 0.6 is 0 Å². The Labute approximate surface area is 114 Å². The van der Waals surface area contributed by atoms with E-state index in [0.717, 1.165) is 13.2 Å². The number of benzene rings is 1. The molecule has 7 heteroatoms. The van der Waals surface area contributed by atoms with E-state index in [9.17, 15) is 13.6 Å². The largest absolute Gasteiger partial charge is 0.493 e. The van der Waals surface area contributed by atoms with Gasteiger partial charge in [0.25, 0.3) is 0 Å². The second-order valence-electron chi connectivity index (χ2n) is 3.42. The van der Waals surface area contributed by atoms with E-state index >= 15 is 0 Å². The lowest BCUT2D eigenvalue weighted by atomic mass is 10.1. The number of nitrogens with zero attached hydrogens (tertiary/aromatic N) is 1. The molecule has 0 unspecified atom stereocenters. The van der Waals surface area contributed by atoms with E-state index in [4.69, 9.17) is 10.00 Å². The number of alkyl halides is 2. The van der Waals surface area contributed by atoms with E-state index in [1.165, 1.54) is 25.3 Å². The van der Waals surface area contributed by atoms with Crippen molar-refractivity contribution in [2.45, 2.75) is 6.61 Å². The molecule has 0 spiro atoms. The van der Waals surface area contributed by atoms with Gasteiger partial charge in [0.15, 0.2) is 11.5 Å². The molecule has 0 radical (unpaired) electrons. The summed E-state index contributed by atoms with van der Waals surface area (Å²) in [7, 11) is 2.39. The first-order chi connectivity index (χ1) is 9.53. The number of para-hydroxylation sites is 1. The summed E-state index contributed by atoms with van der Waals surface area (Å²) in [5.41, 5.74) is -0.244. The summed E-state index contributed by atoms with van der Waals surface area (Å²) in [6, 6.07) is 5.95. The molecular weight excluding hydrogens is 272 g/mol. The summed E-state index contributed by atoms with van der Waals surface area (Å²) >= 11 is 0. The van der Waals surface area contributed by atoms with Crippen molar-refractivity contribution in [1.29, 1.82) is 5.26 Å². The highest BCUT2D eigenvalue weighted by atomic mass is 19.3. The van der Waals surface area contributed by atoms with E-state index < -0.39 is 12.6 Å². The molecule has 0 fully saturated rings. The number of ether oxygens (including phenoxy) is 3. The molecule has 1 aromatic rings. The fourth-order valence-electron chi connectivity index (χ4n) is 1.42. The maximum Gasteiger partial charge on any atom is 0.387 e. The highest BCUT2D eigenvalue weighted by molar-refractivity contribution is 5.98. The third-order valence-corrected chi connectivity index (χ3v) is 2.26. The van der Waals surface area contributed by atoms with Crippen LogP contribution in [0.2, 0.25) is 0 Å². The molecular formula is C13H11F2NO4. The molecule has 106 valence electrons. The molecule has 1 aromatic carbocycles. The highest BCUT2D eigenvalue weighted by Gasteiger charge is 2.16. The van der Waals surface area contributed by atoms with Crippen molar-refractivity contribution in [3.8, 4) is 17.6 Å². The van der Waals surface area contributed by atoms with Crippen LogP contribution in [0.5, 0.6) is 11.5 Å². The van der Waals surface area contributed by atoms with E-state index in [0.29, 0.717) is 0 Å². The predicted molar refractivity (Wildman–Crippen MR) is 65.2 cm³/mol. The van der Waals surface area contributed by atoms with Gasteiger partial charge in [0.1, 0.15) is 11.6 Å². The van der Waals surface area contributed by atoms with Crippen LogP contribution in [-0.4, -0.2) is 26.8 Å². The van der Waals surface area contributed by atoms with E-state index in [1.54, 1.807) is 6.07 Å². The van der Waals surface area contributed by atoms with Crippen LogP contribution in [0.15, 0.2) is 23.8 Å². The Kier molecular flexibility index (Phi) is 5.47. The molecule has 0 saturated heterocycles. The Morgan fingerprint density at radius 3 is 2.60 bits per heavy atom. The molecule has 0 bridgehead atoms. The number of hydrogen-bond donors (Lipinski definition) is 0. The molecule has 0 atom stereocenters. The normalized spacial score (nSPS) is 10.9. The van der Waals surface area contributed by atoms with Gasteiger partial charge in [0, 0.05) is 5.56 Å². The molecule has 0 heterocycles. The maximum absolute atomic E-state index is 12.4. The average molecular weight is 283 g/mol. The van der Waals surface area contributed by atoms with Crippen molar-refractivity contribution in [3.05, 3.63) is 29.3 Å². The monoisotopic (exact) mass is 283 g/mol. The molecule has 0 aliphatic heterocycles. The van der Waals surface area contributed by atoms with Gasteiger partial charge >= 0.3 is 12.6 Å². The van der Waals surface area contributed by atoms with E-state index in [1.807, 2.05) is 0 Å². The zero-order chi connectivity index (χ0) is 15.1. The number of halogens is 2. The quantitative estimate of drug-likeness (QED) is 0.471. The topological polar surface area (TPSA) is 68.6 Å². The summed E-state index contributed by atoms with van der Waals surface area (Å²) in [6.45, 7) is -3.07. The van der Waals surface area contributed by atoms with Crippen LogP contribution < -0.4 is 9.47 Å². The molecule has 0 N–H and O–H groups in total. The van der Waals surface area contributed by atoms with Gasteiger partial charge in [-0.3, -0.25) is 0 Å². The van der Waals surface area contributed by atoms with Crippen LogP contribution in [0.1, 0.15) is 5.56 Å². The third-order valence-electron chi connectivity index (χ3n) is 2.26. The van der Waals surface area contributed by atoms with Crippen molar-refractivity contribution >= 4 is 12.0 Å². The molecule has 0 saturated carbocycles. The van der Waals surface area contributed by atoms with E-state index in [2.05, 4.69) is 9.47 Å². The minimum atomic E-state index is -3.07. The number of carbonyl (C=O) groups excluding carboxylic acids is 1. The Bertz CT molecular complexity index is 564. The van der Waals surface area contributed by atoms with Crippen LogP contribution in [0.25, 0.3) is 6.08 Å². The van der Waals surface area contributed by atoms with Crippen molar-refractivity contribution < 1.29 is 27.8 Å². The van der Waals surface area contributed by atoms with Crippen LogP contribution in [0.4, 0.5) is 8.78 Å². The second kappa shape index (κ2) is 7.09. The fourth-order valence-corrected chi connectivity index (χ4v) is 1.42. The van der Waals surface area contributed by atoms with Crippen molar-refractivity contribution in [2.75, 3.05) is 14.2 Å². The van der Waals surface area contributed by atoms with Gasteiger partial charge in [-0.2, -0.15) is 14.0 Å². The average Bonchev–Trinajstić information content (AvgIpc) is 2.44. The zero-order valence-electron chi connectivity index (χ0n) is 10.7. The lowest BCUT2D eigenvalue weighted by Crippen LogP contribution is -2.06. The summed E-state index contributed by atoms with van der Waals surface area (Å²) in [5, 5.41) is 8.85. The van der Waals surface area contributed by atoms with Crippen LogP contribution in [0, 0.1) is 11.3 Å². The lowest BCUT2D eigenvalue weighted by molar-refractivity contribution is -0.135. The van der Waals surface area contributed by atoms with Gasteiger partial charge in [0.2, 0.25) is 0 Å². The number of methoxy groups -OCH3 is 2. The highest BCUT2D eigenvalue weighted by Crippen LogP contribution is 2.33. The molecule has 0 amide bonds. The summed E-state index contributed by atoms with van der Waals surface area (Å²) in [5.74, 6) is -1.08. The van der Waals surface area contributed by atoms with Gasteiger partial charge in [-0.1, -0.05) is 12.1 Å². The number of hydrogen-bond acceptors (Lipinski definition) is 5. The molecule has 20 heavy (non-hydrogen) atoms. The summed E-state index contributed by atoms with van der Waals surface area (Å²) in [6.07, 6.45) is 1.09.